The van der Waals surface area contributed by atoms with Crippen molar-refractivity contribution in [3.63, 3.8) is 0 Å². The van der Waals surface area contributed by atoms with Crippen molar-refractivity contribution < 1.29 is 18.4 Å². The Labute approximate surface area is 196 Å². The lowest BCUT2D eigenvalue weighted by atomic mass is 9.99. The van der Waals surface area contributed by atoms with Gasteiger partial charge in [0.15, 0.2) is 0 Å². The Kier molecular flexibility index (Phi) is 7.00. The second kappa shape index (κ2) is 10.1. The summed E-state index contributed by atoms with van der Waals surface area (Å²) in [6.07, 6.45) is 1.75. The van der Waals surface area contributed by atoms with Crippen molar-refractivity contribution in [1.82, 2.24) is 25.0 Å². The van der Waals surface area contributed by atoms with Crippen LogP contribution in [0.4, 0.5) is 8.78 Å². The van der Waals surface area contributed by atoms with E-state index in [9.17, 15) is 18.4 Å². The van der Waals surface area contributed by atoms with E-state index in [0.717, 1.165) is 0 Å². The Hall–Kier alpha value is -3.62. The normalized spacial score (nSPS) is 18.8. The predicted octanol–water partition coefficient (Wildman–Crippen LogP) is 3.39. The molecule has 0 unspecified atom stereocenters. The fourth-order valence-corrected chi connectivity index (χ4v) is 4.19. The highest BCUT2D eigenvalue weighted by atomic mass is 19.1. The molecule has 2 aromatic heterocycles. The Morgan fingerprint density at radius 2 is 1.91 bits per heavy atom. The van der Waals surface area contributed by atoms with Gasteiger partial charge >= 0.3 is 0 Å². The zero-order valence-electron chi connectivity index (χ0n) is 19.1. The van der Waals surface area contributed by atoms with Gasteiger partial charge in [-0.3, -0.25) is 14.3 Å². The maximum absolute atomic E-state index is 14.7. The minimum absolute atomic E-state index is 0.0411. The van der Waals surface area contributed by atoms with Crippen LogP contribution < -0.4 is 5.32 Å². The van der Waals surface area contributed by atoms with Crippen LogP contribution in [0.1, 0.15) is 49.0 Å². The van der Waals surface area contributed by atoms with Crippen molar-refractivity contribution in [2.75, 3.05) is 6.54 Å². The summed E-state index contributed by atoms with van der Waals surface area (Å²) in [4.78, 5) is 31.5. The first kappa shape index (κ1) is 23.5. The molecule has 9 heteroatoms. The molecule has 0 radical (unpaired) electrons. The summed E-state index contributed by atoms with van der Waals surface area (Å²) >= 11 is 0. The molecule has 1 fully saturated rings. The summed E-state index contributed by atoms with van der Waals surface area (Å²) in [5.74, 6) is -1.55. The van der Waals surface area contributed by atoms with E-state index in [1.165, 1.54) is 9.58 Å². The number of nitrogens with zero attached hydrogens (tertiary/aromatic N) is 4. The molecule has 0 bridgehead atoms. The van der Waals surface area contributed by atoms with Gasteiger partial charge < -0.3 is 10.2 Å². The number of nitrogens with one attached hydrogen (secondary N) is 1. The Morgan fingerprint density at radius 3 is 2.56 bits per heavy atom. The molecule has 2 amide bonds. The molecule has 3 heterocycles. The summed E-state index contributed by atoms with van der Waals surface area (Å²) in [6, 6.07) is 12.3. The van der Waals surface area contributed by atoms with E-state index in [0.29, 0.717) is 16.8 Å². The third-order valence-electron chi connectivity index (χ3n) is 5.97. The highest BCUT2D eigenvalue weighted by Gasteiger charge is 2.40. The fraction of sp³-hybridized carbons (Fsp3) is 0.360. The predicted molar refractivity (Wildman–Crippen MR) is 122 cm³/mol. The summed E-state index contributed by atoms with van der Waals surface area (Å²) in [5, 5.41) is 6.88. The lowest BCUT2D eigenvalue weighted by molar-refractivity contribution is -0.139. The zero-order valence-corrected chi connectivity index (χ0v) is 19.1. The minimum atomic E-state index is -1.31. The largest absolute Gasteiger partial charge is 0.342 e. The van der Waals surface area contributed by atoms with Crippen LogP contribution in [0.2, 0.25) is 0 Å². The molecule has 178 valence electrons. The number of aromatic nitrogens is 3. The molecular formula is C25H27F2N5O2. The number of carbonyl (C=O) groups excluding carboxylic acids is 2. The number of amides is 2. The molecule has 0 aliphatic carbocycles. The number of alkyl halides is 1. The SMILES string of the molecule is CC(C)c1ccc([C@@H](NC(=O)[C@@H]2C[C@@H](F)CN2C(=O)Cn2cccn2)c2ccccc2)nc1F. The first-order valence-electron chi connectivity index (χ1n) is 11.3. The smallest absolute Gasteiger partial charge is 0.245 e. The maximum Gasteiger partial charge on any atom is 0.245 e. The molecule has 1 N–H and O–H groups in total. The van der Waals surface area contributed by atoms with Crippen molar-refractivity contribution in [2.45, 2.75) is 51.0 Å². The second-order valence-electron chi connectivity index (χ2n) is 8.72. The molecule has 1 aliphatic rings. The third-order valence-corrected chi connectivity index (χ3v) is 5.97. The number of carbonyl (C=O) groups is 2. The number of likely N-dealkylation sites (tertiary alicyclic amines) is 1. The van der Waals surface area contributed by atoms with Gasteiger partial charge in [-0.05, 0) is 23.6 Å². The van der Waals surface area contributed by atoms with E-state index in [-0.39, 0.29) is 25.4 Å². The first-order chi connectivity index (χ1) is 16.3. The lowest BCUT2D eigenvalue weighted by Crippen LogP contribution is -2.48. The number of hydrogen-bond donors (Lipinski definition) is 1. The van der Waals surface area contributed by atoms with Gasteiger partial charge in [-0.25, -0.2) is 9.37 Å². The van der Waals surface area contributed by atoms with Crippen LogP contribution in [-0.4, -0.2) is 50.2 Å². The summed E-state index contributed by atoms with van der Waals surface area (Å²) < 4.78 is 30.4. The quantitative estimate of drug-likeness (QED) is 0.541. The molecule has 3 atom stereocenters. The van der Waals surface area contributed by atoms with Crippen molar-refractivity contribution in [2.24, 2.45) is 0 Å². The third kappa shape index (κ3) is 5.13. The molecule has 3 aromatic rings. The van der Waals surface area contributed by atoms with Crippen LogP contribution in [0.15, 0.2) is 60.9 Å². The van der Waals surface area contributed by atoms with E-state index >= 15 is 0 Å². The molecule has 1 aliphatic heterocycles. The van der Waals surface area contributed by atoms with Gasteiger partial charge in [0, 0.05) is 24.4 Å². The van der Waals surface area contributed by atoms with Gasteiger partial charge in [-0.1, -0.05) is 50.2 Å². The molecular weight excluding hydrogens is 440 g/mol. The van der Waals surface area contributed by atoms with Crippen molar-refractivity contribution in [3.8, 4) is 0 Å². The lowest BCUT2D eigenvalue weighted by Gasteiger charge is -2.26. The first-order valence-corrected chi connectivity index (χ1v) is 11.3. The number of hydrogen-bond acceptors (Lipinski definition) is 4. The Morgan fingerprint density at radius 1 is 1.15 bits per heavy atom. The van der Waals surface area contributed by atoms with Gasteiger partial charge in [0.2, 0.25) is 17.8 Å². The summed E-state index contributed by atoms with van der Waals surface area (Å²) in [7, 11) is 0. The van der Waals surface area contributed by atoms with Crippen molar-refractivity contribution >= 4 is 11.8 Å². The summed E-state index contributed by atoms with van der Waals surface area (Å²) in [6.45, 7) is 3.50. The number of halogens is 2. The molecule has 4 rings (SSSR count). The Bertz CT molecular complexity index is 1140. The monoisotopic (exact) mass is 467 g/mol. The van der Waals surface area contributed by atoms with Crippen LogP contribution in [0.25, 0.3) is 0 Å². The molecule has 7 nitrogen and oxygen atoms in total. The second-order valence-corrected chi connectivity index (χ2v) is 8.72. The fourth-order valence-electron chi connectivity index (χ4n) is 4.19. The minimum Gasteiger partial charge on any atom is -0.342 e. The Balaban J connectivity index is 1.59. The van der Waals surface area contributed by atoms with E-state index in [1.54, 1.807) is 54.9 Å². The van der Waals surface area contributed by atoms with Gasteiger partial charge in [0.1, 0.15) is 18.8 Å². The summed E-state index contributed by atoms with van der Waals surface area (Å²) in [5.41, 5.74) is 1.50. The number of rotatable bonds is 7. The number of benzene rings is 1. The highest BCUT2D eigenvalue weighted by molar-refractivity contribution is 5.88. The highest BCUT2D eigenvalue weighted by Crippen LogP contribution is 2.26. The van der Waals surface area contributed by atoms with Crippen molar-refractivity contribution in [3.05, 3.63) is 83.7 Å². The van der Waals surface area contributed by atoms with E-state index in [4.69, 9.17) is 0 Å². The molecule has 0 saturated carbocycles. The number of pyridine rings is 1. The van der Waals surface area contributed by atoms with Crippen LogP contribution in [0, 0.1) is 5.95 Å². The maximum atomic E-state index is 14.7. The zero-order chi connectivity index (χ0) is 24.2. The molecule has 0 spiro atoms. The van der Waals surface area contributed by atoms with Crippen LogP contribution in [-0.2, 0) is 16.1 Å². The van der Waals surface area contributed by atoms with Gasteiger partial charge in [0.25, 0.3) is 0 Å². The van der Waals surface area contributed by atoms with E-state index < -0.39 is 36.0 Å². The van der Waals surface area contributed by atoms with Crippen molar-refractivity contribution in [1.29, 1.82) is 0 Å². The van der Waals surface area contributed by atoms with Gasteiger partial charge in [-0.15, -0.1) is 0 Å². The average Bonchev–Trinajstić information content (AvgIpc) is 3.47. The van der Waals surface area contributed by atoms with Gasteiger partial charge in [0.05, 0.1) is 18.3 Å². The molecule has 1 aromatic carbocycles. The van der Waals surface area contributed by atoms with E-state index in [1.807, 2.05) is 19.9 Å². The van der Waals surface area contributed by atoms with E-state index in [2.05, 4.69) is 15.4 Å². The van der Waals surface area contributed by atoms with Crippen LogP contribution in [0.5, 0.6) is 0 Å². The van der Waals surface area contributed by atoms with Crippen LogP contribution in [0.3, 0.4) is 0 Å². The molecule has 34 heavy (non-hydrogen) atoms. The van der Waals surface area contributed by atoms with Crippen LogP contribution >= 0.6 is 0 Å². The standard InChI is InChI=1S/C25H27F2N5O2/c1-16(2)19-9-10-20(29-24(19)27)23(17-7-4-3-5-8-17)30-25(34)21-13-18(26)14-32(21)22(33)15-31-12-6-11-28-31/h3-12,16,18,21,23H,13-15H2,1-2H3,(H,30,34)/t18-,21+,23+/m1/s1. The average molecular weight is 468 g/mol. The molecule has 1 saturated heterocycles. The topological polar surface area (TPSA) is 80.1 Å². The van der Waals surface area contributed by atoms with Gasteiger partial charge in [-0.2, -0.15) is 9.49 Å².